The first-order chi connectivity index (χ1) is 9.63. The number of nitro benzene ring substituents is 1. The highest BCUT2D eigenvalue weighted by molar-refractivity contribution is 7.89. The van der Waals surface area contributed by atoms with Crippen LogP contribution in [-0.4, -0.2) is 19.4 Å². The molecule has 0 spiro atoms. The van der Waals surface area contributed by atoms with Gasteiger partial charge in [-0.1, -0.05) is 20.3 Å². The molecule has 116 valence electrons. The Morgan fingerprint density at radius 2 is 2.10 bits per heavy atom. The van der Waals surface area contributed by atoms with Gasteiger partial charge in [0.1, 0.15) is 4.90 Å². The summed E-state index contributed by atoms with van der Waals surface area (Å²) in [6, 6.07) is 3.23. The van der Waals surface area contributed by atoms with Gasteiger partial charge >= 0.3 is 0 Å². The highest BCUT2D eigenvalue weighted by Crippen LogP contribution is 2.38. The summed E-state index contributed by atoms with van der Waals surface area (Å²) in [4.78, 5) is 9.94. The van der Waals surface area contributed by atoms with Crippen molar-refractivity contribution in [1.29, 1.82) is 0 Å². The summed E-state index contributed by atoms with van der Waals surface area (Å²) in [5.74, 6) is 0. The summed E-state index contributed by atoms with van der Waals surface area (Å²) >= 11 is 0. The van der Waals surface area contributed by atoms with E-state index in [2.05, 4.69) is 4.72 Å². The molecule has 1 atom stereocenters. The molecule has 0 saturated heterocycles. The average Bonchev–Trinajstić information content (AvgIpc) is 2.67. The fourth-order valence-electron chi connectivity index (χ4n) is 2.69. The number of nitrogens with one attached hydrogen (secondary N) is 1. The van der Waals surface area contributed by atoms with E-state index >= 15 is 0 Å². The third-order valence-electron chi connectivity index (χ3n) is 4.05. The number of hydrogen-bond donors (Lipinski definition) is 2. The average molecular weight is 313 g/mol. The van der Waals surface area contributed by atoms with E-state index in [-0.39, 0.29) is 27.7 Å². The molecular weight excluding hydrogens is 294 g/mol. The normalized spacial score (nSPS) is 21.3. The van der Waals surface area contributed by atoms with Crippen LogP contribution in [0.5, 0.6) is 0 Å². The first kappa shape index (κ1) is 15.7. The quantitative estimate of drug-likeness (QED) is 0.501. The van der Waals surface area contributed by atoms with Gasteiger partial charge in [-0.2, -0.15) is 0 Å². The summed E-state index contributed by atoms with van der Waals surface area (Å²) in [7, 11) is -3.79. The number of hydrogen-bond acceptors (Lipinski definition) is 5. The van der Waals surface area contributed by atoms with Gasteiger partial charge in [0, 0.05) is 18.2 Å². The van der Waals surface area contributed by atoms with Crippen molar-refractivity contribution in [2.75, 3.05) is 5.73 Å². The molecule has 0 heterocycles. The Hall–Kier alpha value is -1.67. The van der Waals surface area contributed by atoms with Gasteiger partial charge in [-0.25, -0.2) is 13.1 Å². The molecule has 1 aromatic rings. The topological polar surface area (TPSA) is 115 Å². The number of sulfonamides is 1. The van der Waals surface area contributed by atoms with Crippen molar-refractivity contribution in [3.05, 3.63) is 28.3 Å². The van der Waals surface area contributed by atoms with Crippen LogP contribution in [0.1, 0.15) is 33.1 Å². The monoisotopic (exact) mass is 313 g/mol. The van der Waals surface area contributed by atoms with Crippen molar-refractivity contribution in [1.82, 2.24) is 4.72 Å². The summed E-state index contributed by atoms with van der Waals surface area (Å²) in [6.45, 7) is 4.04. The number of rotatable bonds is 4. The molecule has 3 N–H and O–H groups in total. The second kappa shape index (κ2) is 5.27. The van der Waals surface area contributed by atoms with Gasteiger partial charge in [0.05, 0.1) is 10.6 Å². The number of benzene rings is 1. The second-order valence-electron chi connectivity index (χ2n) is 6.03. The van der Waals surface area contributed by atoms with Crippen LogP contribution in [0.25, 0.3) is 0 Å². The smallest absolute Gasteiger partial charge is 0.271 e. The van der Waals surface area contributed by atoms with Gasteiger partial charge < -0.3 is 5.73 Å². The van der Waals surface area contributed by atoms with Crippen molar-refractivity contribution in [3.63, 3.8) is 0 Å². The number of anilines is 1. The summed E-state index contributed by atoms with van der Waals surface area (Å²) in [6.07, 6.45) is 2.70. The molecule has 1 saturated carbocycles. The Bertz CT molecular complexity index is 670. The van der Waals surface area contributed by atoms with Gasteiger partial charge in [-0.3, -0.25) is 10.1 Å². The largest absolute Gasteiger partial charge is 0.397 e. The molecule has 1 aliphatic carbocycles. The van der Waals surface area contributed by atoms with Gasteiger partial charge in [-0.05, 0) is 24.3 Å². The van der Waals surface area contributed by atoms with E-state index in [4.69, 9.17) is 5.73 Å². The highest BCUT2D eigenvalue weighted by Gasteiger charge is 2.37. The number of nitrogens with zero attached hydrogens (tertiary/aromatic N) is 1. The lowest BCUT2D eigenvalue weighted by atomic mass is 9.88. The Morgan fingerprint density at radius 1 is 1.43 bits per heavy atom. The van der Waals surface area contributed by atoms with Crippen LogP contribution in [0.15, 0.2) is 23.1 Å². The zero-order chi connectivity index (χ0) is 15.8. The van der Waals surface area contributed by atoms with Crippen LogP contribution in [0.2, 0.25) is 0 Å². The minimum absolute atomic E-state index is 0.109. The number of nitrogens with two attached hydrogens (primary N) is 1. The molecule has 21 heavy (non-hydrogen) atoms. The predicted molar refractivity (Wildman–Crippen MR) is 79.3 cm³/mol. The molecule has 2 rings (SSSR count). The van der Waals surface area contributed by atoms with Crippen molar-refractivity contribution in [3.8, 4) is 0 Å². The van der Waals surface area contributed by atoms with E-state index in [0.717, 1.165) is 31.4 Å². The Labute approximate surface area is 123 Å². The predicted octanol–water partition coefficient (Wildman–Crippen LogP) is 2.03. The van der Waals surface area contributed by atoms with Gasteiger partial charge in [0.25, 0.3) is 5.69 Å². The molecule has 0 amide bonds. The van der Waals surface area contributed by atoms with Gasteiger partial charge in [-0.15, -0.1) is 0 Å². The lowest BCUT2D eigenvalue weighted by molar-refractivity contribution is -0.384. The summed E-state index contributed by atoms with van der Waals surface area (Å²) < 4.78 is 27.5. The van der Waals surface area contributed by atoms with Crippen molar-refractivity contribution < 1.29 is 13.3 Å². The van der Waals surface area contributed by atoms with Gasteiger partial charge in [0.15, 0.2) is 0 Å². The van der Waals surface area contributed by atoms with Crippen LogP contribution < -0.4 is 10.5 Å². The third kappa shape index (κ3) is 3.16. The van der Waals surface area contributed by atoms with E-state index in [0.29, 0.717) is 0 Å². The Kier molecular flexibility index (Phi) is 3.94. The fourth-order valence-corrected chi connectivity index (χ4v) is 4.24. The molecule has 8 heteroatoms. The third-order valence-corrected chi connectivity index (χ3v) is 5.59. The number of non-ortho nitro benzene ring substituents is 1. The maximum Gasteiger partial charge on any atom is 0.271 e. The Morgan fingerprint density at radius 3 is 2.57 bits per heavy atom. The SMILES string of the molecule is CC1(C)CCCC1NS(=O)(=O)c1ccc([N+](=O)[O-])cc1N. The minimum Gasteiger partial charge on any atom is -0.397 e. The minimum atomic E-state index is -3.79. The van der Waals surface area contributed by atoms with Gasteiger partial charge in [0.2, 0.25) is 10.0 Å². The van der Waals surface area contributed by atoms with Crippen LogP contribution >= 0.6 is 0 Å². The Balaban J connectivity index is 2.30. The van der Waals surface area contributed by atoms with E-state index in [1.54, 1.807) is 0 Å². The molecule has 1 unspecified atom stereocenters. The van der Waals surface area contributed by atoms with E-state index in [1.807, 2.05) is 13.8 Å². The molecule has 1 aliphatic rings. The number of nitro groups is 1. The zero-order valence-corrected chi connectivity index (χ0v) is 12.8. The van der Waals surface area contributed by atoms with Crippen LogP contribution in [0.3, 0.4) is 0 Å². The van der Waals surface area contributed by atoms with E-state index < -0.39 is 14.9 Å². The molecule has 0 bridgehead atoms. The molecule has 1 fully saturated rings. The van der Waals surface area contributed by atoms with E-state index in [1.165, 1.54) is 6.07 Å². The second-order valence-corrected chi connectivity index (χ2v) is 7.72. The highest BCUT2D eigenvalue weighted by atomic mass is 32.2. The lowest BCUT2D eigenvalue weighted by Crippen LogP contribution is -2.41. The molecule has 0 radical (unpaired) electrons. The van der Waals surface area contributed by atoms with Crippen LogP contribution in [0, 0.1) is 15.5 Å². The molecule has 1 aromatic carbocycles. The zero-order valence-electron chi connectivity index (χ0n) is 12.0. The van der Waals surface area contributed by atoms with Crippen LogP contribution in [-0.2, 0) is 10.0 Å². The molecule has 7 nitrogen and oxygen atoms in total. The van der Waals surface area contributed by atoms with Crippen molar-refractivity contribution in [2.24, 2.45) is 5.41 Å². The van der Waals surface area contributed by atoms with Crippen LogP contribution in [0.4, 0.5) is 11.4 Å². The standard InChI is InChI=1S/C13H19N3O4S/c1-13(2)7-3-4-12(13)15-21(19,20)11-6-5-9(16(17)18)8-10(11)14/h5-6,8,12,15H,3-4,7,14H2,1-2H3. The fraction of sp³-hybridized carbons (Fsp3) is 0.538. The summed E-state index contributed by atoms with van der Waals surface area (Å²) in [5.41, 5.74) is 5.21. The number of nitrogen functional groups attached to an aromatic ring is 1. The maximum atomic E-state index is 12.4. The molecular formula is C13H19N3O4S. The first-order valence-electron chi connectivity index (χ1n) is 6.70. The summed E-state index contributed by atoms with van der Waals surface area (Å²) in [5, 5.41) is 10.7. The first-order valence-corrected chi connectivity index (χ1v) is 8.18. The molecule has 0 aliphatic heterocycles. The van der Waals surface area contributed by atoms with E-state index in [9.17, 15) is 18.5 Å². The lowest BCUT2D eigenvalue weighted by Gasteiger charge is -2.27. The van der Waals surface area contributed by atoms with Crippen molar-refractivity contribution >= 4 is 21.4 Å². The molecule has 0 aromatic heterocycles. The maximum absolute atomic E-state index is 12.4. The van der Waals surface area contributed by atoms with Crippen molar-refractivity contribution in [2.45, 2.75) is 44.0 Å².